The van der Waals surface area contributed by atoms with E-state index in [-0.39, 0.29) is 29.2 Å². The van der Waals surface area contributed by atoms with Crippen LogP contribution in [0.2, 0.25) is 0 Å². The molecule has 11 heteroatoms. The molecular weight excluding hydrogens is 403 g/mol. The van der Waals surface area contributed by atoms with Gasteiger partial charge in [0, 0.05) is 17.8 Å². The first-order chi connectivity index (χ1) is 13.9. The highest BCUT2D eigenvalue weighted by Crippen LogP contribution is 2.45. The summed E-state index contributed by atoms with van der Waals surface area (Å²) in [6, 6.07) is 0.432. The van der Waals surface area contributed by atoms with E-state index in [1.54, 1.807) is 0 Å². The lowest BCUT2D eigenvalue weighted by Gasteiger charge is -2.28. The summed E-state index contributed by atoms with van der Waals surface area (Å²) >= 11 is 0. The number of nitrogens with two attached hydrogens (primary N) is 1. The van der Waals surface area contributed by atoms with Gasteiger partial charge in [0.2, 0.25) is 0 Å². The maximum absolute atomic E-state index is 13.0. The summed E-state index contributed by atoms with van der Waals surface area (Å²) in [4.78, 5) is 21.0. The van der Waals surface area contributed by atoms with Gasteiger partial charge in [0.1, 0.15) is 11.4 Å². The molecular formula is C19H24F3N5O3. The van der Waals surface area contributed by atoms with Crippen LogP contribution in [-0.2, 0) is 0 Å². The van der Waals surface area contributed by atoms with Crippen LogP contribution in [0.1, 0.15) is 74.4 Å². The fourth-order valence-electron chi connectivity index (χ4n) is 2.87. The van der Waals surface area contributed by atoms with Crippen LogP contribution in [0.5, 0.6) is 5.75 Å². The standard InChI is InChI=1S/C19H24F3N5O3/c1-9(19(20,21)22)29-13-7-12(24-8-11(13)10-5-6-10)16(28)25-14(18(2,3)4)15-26-17(23)30-27-15/h7-10,14H,5-6H2,1-4H3,(H,25,28)(H2,23,26,27). The number of amides is 1. The summed E-state index contributed by atoms with van der Waals surface area (Å²) in [5.41, 5.74) is 5.47. The molecule has 1 aliphatic rings. The quantitative estimate of drug-likeness (QED) is 0.721. The van der Waals surface area contributed by atoms with Crippen molar-refractivity contribution in [1.82, 2.24) is 20.4 Å². The van der Waals surface area contributed by atoms with Gasteiger partial charge in [-0.05, 0) is 31.1 Å². The topological polar surface area (TPSA) is 116 Å². The molecule has 2 aromatic rings. The van der Waals surface area contributed by atoms with Crippen molar-refractivity contribution in [3.8, 4) is 5.75 Å². The Labute approximate surface area is 171 Å². The molecule has 1 aliphatic carbocycles. The highest BCUT2D eigenvalue weighted by atomic mass is 19.4. The molecule has 2 unspecified atom stereocenters. The molecule has 30 heavy (non-hydrogen) atoms. The van der Waals surface area contributed by atoms with Crippen molar-refractivity contribution < 1.29 is 27.2 Å². The van der Waals surface area contributed by atoms with Gasteiger partial charge in [-0.25, -0.2) is 0 Å². The summed E-state index contributed by atoms with van der Waals surface area (Å²) < 4.78 is 48.9. The van der Waals surface area contributed by atoms with Crippen molar-refractivity contribution in [3.63, 3.8) is 0 Å². The first-order valence-electron chi connectivity index (χ1n) is 9.49. The zero-order valence-corrected chi connectivity index (χ0v) is 17.1. The number of nitrogen functional groups attached to an aromatic ring is 1. The second-order valence-corrected chi connectivity index (χ2v) is 8.45. The second kappa shape index (κ2) is 7.77. The van der Waals surface area contributed by atoms with E-state index in [1.165, 1.54) is 12.3 Å². The Balaban J connectivity index is 1.87. The Kier molecular flexibility index (Phi) is 5.66. The van der Waals surface area contributed by atoms with Crippen molar-refractivity contribution >= 4 is 11.9 Å². The maximum atomic E-state index is 13.0. The van der Waals surface area contributed by atoms with Gasteiger partial charge < -0.3 is 20.3 Å². The van der Waals surface area contributed by atoms with Crippen LogP contribution in [0.3, 0.4) is 0 Å². The van der Waals surface area contributed by atoms with Gasteiger partial charge >= 0.3 is 12.2 Å². The van der Waals surface area contributed by atoms with Gasteiger partial charge in [-0.3, -0.25) is 9.78 Å². The molecule has 0 aliphatic heterocycles. The number of nitrogens with one attached hydrogen (secondary N) is 1. The molecule has 2 aromatic heterocycles. The fraction of sp³-hybridized carbons (Fsp3) is 0.579. The van der Waals surface area contributed by atoms with Gasteiger partial charge in [-0.1, -0.05) is 25.9 Å². The zero-order chi connectivity index (χ0) is 22.3. The number of rotatable bonds is 6. The lowest BCUT2D eigenvalue weighted by atomic mass is 9.86. The van der Waals surface area contributed by atoms with Gasteiger partial charge in [0.05, 0.1) is 6.04 Å². The van der Waals surface area contributed by atoms with Crippen molar-refractivity contribution in [2.75, 3.05) is 5.73 Å². The molecule has 0 spiro atoms. The number of hydrogen-bond donors (Lipinski definition) is 2. The average Bonchev–Trinajstić information content (AvgIpc) is 3.38. The van der Waals surface area contributed by atoms with Gasteiger partial charge in [-0.15, -0.1) is 0 Å². The van der Waals surface area contributed by atoms with Crippen molar-refractivity contribution in [3.05, 3.63) is 29.3 Å². The van der Waals surface area contributed by atoms with Gasteiger partial charge in [0.25, 0.3) is 5.91 Å². The predicted octanol–water partition coefficient (Wildman–Crippen LogP) is 3.77. The minimum atomic E-state index is -4.53. The van der Waals surface area contributed by atoms with E-state index in [0.29, 0.717) is 5.56 Å². The van der Waals surface area contributed by atoms with Crippen LogP contribution >= 0.6 is 0 Å². The molecule has 3 N–H and O–H groups in total. The number of alkyl halides is 3. The maximum Gasteiger partial charge on any atom is 0.425 e. The van der Waals surface area contributed by atoms with Crippen molar-refractivity contribution in [2.24, 2.45) is 5.41 Å². The van der Waals surface area contributed by atoms with E-state index < -0.39 is 29.6 Å². The predicted molar refractivity (Wildman–Crippen MR) is 101 cm³/mol. The lowest BCUT2D eigenvalue weighted by molar-refractivity contribution is -0.189. The largest absolute Gasteiger partial charge is 0.481 e. The number of nitrogens with zero attached hydrogens (tertiary/aromatic N) is 3. The van der Waals surface area contributed by atoms with Crippen LogP contribution in [-0.4, -0.2) is 33.3 Å². The molecule has 3 rings (SSSR count). The first kappa shape index (κ1) is 21.8. The molecule has 0 bridgehead atoms. The number of aromatic nitrogens is 3. The van der Waals surface area contributed by atoms with E-state index in [0.717, 1.165) is 19.8 Å². The molecule has 0 saturated heterocycles. The van der Waals surface area contributed by atoms with Crippen LogP contribution in [0.4, 0.5) is 19.2 Å². The number of carbonyl (C=O) groups excluding carboxylic acids is 1. The Morgan fingerprint density at radius 1 is 1.33 bits per heavy atom. The number of anilines is 1. The number of halogens is 3. The number of ether oxygens (including phenoxy) is 1. The second-order valence-electron chi connectivity index (χ2n) is 8.45. The number of pyridine rings is 1. The highest BCUT2D eigenvalue weighted by molar-refractivity contribution is 5.93. The Bertz CT molecular complexity index is 919. The Morgan fingerprint density at radius 2 is 2.00 bits per heavy atom. The van der Waals surface area contributed by atoms with Gasteiger partial charge in [0.15, 0.2) is 11.9 Å². The van der Waals surface area contributed by atoms with Crippen LogP contribution in [0.25, 0.3) is 0 Å². The van der Waals surface area contributed by atoms with Crippen LogP contribution in [0.15, 0.2) is 16.8 Å². The van der Waals surface area contributed by atoms with Crippen molar-refractivity contribution in [2.45, 2.75) is 64.8 Å². The Morgan fingerprint density at radius 3 is 2.50 bits per heavy atom. The third-order valence-corrected chi connectivity index (χ3v) is 4.77. The third kappa shape index (κ3) is 5.00. The van der Waals surface area contributed by atoms with E-state index in [2.05, 4.69) is 20.4 Å². The summed E-state index contributed by atoms with van der Waals surface area (Å²) in [6.45, 7) is 6.49. The lowest BCUT2D eigenvalue weighted by Crippen LogP contribution is -2.37. The normalized spacial score (nSPS) is 16.8. The van der Waals surface area contributed by atoms with E-state index in [9.17, 15) is 18.0 Å². The number of hydrogen-bond acceptors (Lipinski definition) is 7. The minimum Gasteiger partial charge on any atom is -0.481 e. The molecule has 1 amide bonds. The molecule has 8 nitrogen and oxygen atoms in total. The van der Waals surface area contributed by atoms with Crippen LogP contribution < -0.4 is 15.8 Å². The molecule has 1 saturated carbocycles. The number of carbonyl (C=O) groups is 1. The zero-order valence-electron chi connectivity index (χ0n) is 17.1. The van der Waals surface area contributed by atoms with E-state index >= 15 is 0 Å². The molecule has 164 valence electrons. The van der Waals surface area contributed by atoms with Gasteiger partial charge in [-0.2, -0.15) is 18.2 Å². The Hall–Kier alpha value is -2.85. The summed E-state index contributed by atoms with van der Waals surface area (Å²) in [6.07, 6.45) is -3.45. The molecule has 0 aromatic carbocycles. The molecule has 0 radical (unpaired) electrons. The SMILES string of the molecule is CC(Oc1cc(C(=O)NC(c2noc(N)n2)C(C)(C)C)ncc1C1CC1)C(F)(F)F. The van der Waals surface area contributed by atoms with E-state index in [4.69, 9.17) is 15.0 Å². The smallest absolute Gasteiger partial charge is 0.425 e. The summed E-state index contributed by atoms with van der Waals surface area (Å²) in [5, 5.41) is 6.52. The molecule has 2 heterocycles. The molecule has 2 atom stereocenters. The van der Waals surface area contributed by atoms with Crippen LogP contribution in [0, 0.1) is 5.41 Å². The minimum absolute atomic E-state index is 0.0126. The third-order valence-electron chi connectivity index (χ3n) is 4.77. The van der Waals surface area contributed by atoms with Crippen molar-refractivity contribution in [1.29, 1.82) is 0 Å². The molecule has 1 fully saturated rings. The summed E-state index contributed by atoms with van der Waals surface area (Å²) in [7, 11) is 0. The fourth-order valence-corrected chi connectivity index (χ4v) is 2.87. The highest BCUT2D eigenvalue weighted by Gasteiger charge is 2.39. The monoisotopic (exact) mass is 427 g/mol. The average molecular weight is 427 g/mol. The first-order valence-corrected chi connectivity index (χ1v) is 9.49. The summed E-state index contributed by atoms with van der Waals surface area (Å²) in [5.74, 6) is -0.316. The van der Waals surface area contributed by atoms with E-state index in [1.807, 2.05) is 20.8 Å².